The lowest BCUT2D eigenvalue weighted by Crippen LogP contribution is -2.33. The fourth-order valence-electron chi connectivity index (χ4n) is 1.17. The Morgan fingerprint density at radius 2 is 1.83 bits per heavy atom. The third kappa shape index (κ3) is 1.15. The monoisotopic (exact) mass is 178 g/mol. The van der Waals surface area contributed by atoms with Crippen LogP contribution >= 0.6 is 0 Å². The quantitative estimate of drug-likeness (QED) is 0.593. The van der Waals surface area contributed by atoms with E-state index in [0.29, 0.717) is 0 Å². The Bertz CT molecular complexity index is 235. The first-order valence-corrected chi connectivity index (χ1v) is 3.58. The number of alkyl halides is 3. The molecule has 1 nitrogen and oxygen atoms in total. The van der Waals surface area contributed by atoms with Gasteiger partial charge < -0.3 is 0 Å². The summed E-state index contributed by atoms with van der Waals surface area (Å²) in [5.41, 5.74) is -2.08. The minimum atomic E-state index is -4.40. The van der Waals surface area contributed by atoms with E-state index in [1.807, 2.05) is 0 Å². The predicted molar refractivity (Wildman–Crippen MR) is 37.5 cm³/mol. The van der Waals surface area contributed by atoms with Crippen molar-refractivity contribution in [2.45, 2.75) is 25.9 Å². The summed E-state index contributed by atoms with van der Waals surface area (Å²) in [6.07, 6.45) is -4.56. The molecule has 4 heteroatoms. The van der Waals surface area contributed by atoms with E-state index in [1.54, 1.807) is 0 Å². The van der Waals surface area contributed by atoms with Gasteiger partial charge in [-0.05, 0) is 25.3 Å². The molecule has 0 aliphatic heterocycles. The standard InChI is InChI=1S/C8H9F3O/c1-5(2)6(12)7(3-4-7)8(9,10)11/h1,3-4H2,2H3. The summed E-state index contributed by atoms with van der Waals surface area (Å²) in [7, 11) is 0. The third-order valence-corrected chi connectivity index (χ3v) is 2.11. The summed E-state index contributed by atoms with van der Waals surface area (Å²) in [6, 6.07) is 0. The van der Waals surface area contributed by atoms with Crippen molar-refractivity contribution in [1.82, 2.24) is 0 Å². The molecule has 0 aromatic carbocycles. The molecule has 0 bridgehead atoms. The SMILES string of the molecule is C=C(C)C(=O)C1(C(F)(F)F)CC1. The van der Waals surface area contributed by atoms with Gasteiger partial charge >= 0.3 is 6.18 Å². The minimum absolute atomic E-state index is 0.00942. The number of carbonyl (C=O) groups excluding carboxylic acids is 1. The zero-order valence-corrected chi connectivity index (χ0v) is 6.66. The predicted octanol–water partition coefficient (Wildman–Crippen LogP) is 2.47. The van der Waals surface area contributed by atoms with Gasteiger partial charge in [-0.25, -0.2) is 0 Å². The highest BCUT2D eigenvalue weighted by atomic mass is 19.4. The Kier molecular flexibility index (Phi) is 1.81. The smallest absolute Gasteiger partial charge is 0.294 e. The maximum absolute atomic E-state index is 12.2. The maximum Gasteiger partial charge on any atom is 0.401 e. The number of hydrogen-bond acceptors (Lipinski definition) is 1. The first-order chi connectivity index (χ1) is 5.31. The van der Waals surface area contributed by atoms with Gasteiger partial charge in [0.1, 0.15) is 5.41 Å². The van der Waals surface area contributed by atoms with Crippen molar-refractivity contribution >= 4 is 5.78 Å². The number of allylic oxidation sites excluding steroid dienone is 1. The third-order valence-electron chi connectivity index (χ3n) is 2.11. The molecular formula is C8H9F3O. The number of Topliss-reactive ketones (excluding diaryl/α,β-unsaturated/α-hetero) is 1. The first kappa shape index (κ1) is 9.29. The van der Waals surface area contributed by atoms with E-state index in [0.717, 1.165) is 0 Å². The molecule has 68 valence electrons. The van der Waals surface area contributed by atoms with Crippen molar-refractivity contribution in [2.24, 2.45) is 5.41 Å². The van der Waals surface area contributed by atoms with E-state index in [9.17, 15) is 18.0 Å². The molecule has 0 atom stereocenters. The average molecular weight is 178 g/mol. The molecule has 0 aromatic heterocycles. The number of carbonyl (C=O) groups is 1. The lowest BCUT2D eigenvalue weighted by Gasteiger charge is -2.17. The van der Waals surface area contributed by atoms with Crippen molar-refractivity contribution in [3.8, 4) is 0 Å². The number of ketones is 1. The summed E-state index contributed by atoms with van der Waals surface area (Å²) < 4.78 is 36.7. The molecule has 12 heavy (non-hydrogen) atoms. The van der Waals surface area contributed by atoms with E-state index in [4.69, 9.17) is 0 Å². The fraction of sp³-hybridized carbons (Fsp3) is 0.625. The number of halogens is 3. The summed E-state index contributed by atoms with van der Waals surface area (Å²) in [4.78, 5) is 11.1. The molecule has 1 fully saturated rings. The van der Waals surface area contributed by atoms with Gasteiger partial charge in [0.15, 0.2) is 5.78 Å². The molecule has 0 unspecified atom stereocenters. The Balaban J connectivity index is 2.88. The van der Waals surface area contributed by atoms with Crippen LogP contribution in [0.2, 0.25) is 0 Å². The van der Waals surface area contributed by atoms with Gasteiger partial charge in [-0.1, -0.05) is 6.58 Å². The highest BCUT2D eigenvalue weighted by Gasteiger charge is 2.67. The van der Waals surface area contributed by atoms with Gasteiger partial charge in [-0.2, -0.15) is 13.2 Å². The lowest BCUT2D eigenvalue weighted by atomic mass is 9.96. The molecule has 1 aliphatic rings. The number of rotatable bonds is 2. The van der Waals surface area contributed by atoms with Crippen LogP contribution in [0.4, 0.5) is 13.2 Å². The van der Waals surface area contributed by atoms with E-state index >= 15 is 0 Å². The van der Waals surface area contributed by atoms with Crippen molar-refractivity contribution in [2.75, 3.05) is 0 Å². The largest absolute Gasteiger partial charge is 0.401 e. The topological polar surface area (TPSA) is 17.1 Å². The number of hydrogen-bond donors (Lipinski definition) is 0. The van der Waals surface area contributed by atoms with E-state index in [1.165, 1.54) is 6.92 Å². The first-order valence-electron chi connectivity index (χ1n) is 3.58. The normalized spacial score (nSPS) is 20.3. The fourth-order valence-corrected chi connectivity index (χ4v) is 1.17. The van der Waals surface area contributed by atoms with Gasteiger partial charge in [0, 0.05) is 0 Å². The van der Waals surface area contributed by atoms with E-state index in [2.05, 4.69) is 6.58 Å². The van der Waals surface area contributed by atoms with Gasteiger partial charge in [0.05, 0.1) is 0 Å². The lowest BCUT2D eigenvalue weighted by molar-refractivity contribution is -0.188. The molecule has 1 aliphatic carbocycles. The molecular weight excluding hydrogens is 169 g/mol. The van der Waals surface area contributed by atoms with Crippen molar-refractivity contribution < 1.29 is 18.0 Å². The van der Waals surface area contributed by atoms with E-state index in [-0.39, 0.29) is 18.4 Å². The summed E-state index contributed by atoms with van der Waals surface area (Å²) >= 11 is 0. The van der Waals surface area contributed by atoms with Crippen LogP contribution in [0, 0.1) is 5.41 Å². The van der Waals surface area contributed by atoms with Crippen molar-refractivity contribution in [1.29, 1.82) is 0 Å². The van der Waals surface area contributed by atoms with Crippen LogP contribution < -0.4 is 0 Å². The van der Waals surface area contributed by atoms with Crippen molar-refractivity contribution in [3.05, 3.63) is 12.2 Å². The Morgan fingerprint density at radius 3 is 1.92 bits per heavy atom. The van der Waals surface area contributed by atoms with Gasteiger partial charge in [-0.3, -0.25) is 4.79 Å². The highest BCUT2D eigenvalue weighted by molar-refractivity contribution is 6.01. The highest BCUT2D eigenvalue weighted by Crippen LogP contribution is 2.59. The zero-order chi connectivity index (χ0) is 9.57. The summed E-state index contributed by atoms with van der Waals surface area (Å²) in [5.74, 6) is -0.852. The van der Waals surface area contributed by atoms with Crippen LogP contribution in [0.15, 0.2) is 12.2 Å². The molecule has 1 rings (SSSR count). The zero-order valence-electron chi connectivity index (χ0n) is 6.66. The van der Waals surface area contributed by atoms with Crippen LogP contribution in [-0.4, -0.2) is 12.0 Å². The molecule has 0 amide bonds. The van der Waals surface area contributed by atoms with Crippen LogP contribution in [0.25, 0.3) is 0 Å². The Hall–Kier alpha value is -0.800. The van der Waals surface area contributed by atoms with Crippen LogP contribution in [0.3, 0.4) is 0 Å². The van der Waals surface area contributed by atoms with E-state index < -0.39 is 17.4 Å². The minimum Gasteiger partial charge on any atom is -0.294 e. The molecule has 0 saturated heterocycles. The Morgan fingerprint density at radius 1 is 1.42 bits per heavy atom. The van der Waals surface area contributed by atoms with Crippen LogP contribution in [-0.2, 0) is 4.79 Å². The molecule has 0 N–H and O–H groups in total. The van der Waals surface area contributed by atoms with Crippen molar-refractivity contribution in [3.63, 3.8) is 0 Å². The van der Waals surface area contributed by atoms with Gasteiger partial charge in [-0.15, -0.1) is 0 Å². The second-order valence-electron chi connectivity index (χ2n) is 3.19. The molecule has 1 saturated carbocycles. The molecule has 0 heterocycles. The van der Waals surface area contributed by atoms with Gasteiger partial charge in [0.2, 0.25) is 0 Å². The average Bonchev–Trinajstić information content (AvgIpc) is 2.62. The molecule has 0 radical (unpaired) electrons. The molecule has 0 aromatic rings. The molecule has 0 spiro atoms. The second kappa shape index (κ2) is 2.34. The maximum atomic E-state index is 12.2. The van der Waals surface area contributed by atoms with Gasteiger partial charge in [0.25, 0.3) is 0 Å². The Labute approximate surface area is 68.3 Å². The summed E-state index contributed by atoms with van der Waals surface area (Å²) in [6.45, 7) is 4.54. The van der Waals surface area contributed by atoms with Crippen LogP contribution in [0.1, 0.15) is 19.8 Å². The second-order valence-corrected chi connectivity index (χ2v) is 3.19. The summed E-state index contributed by atoms with van der Waals surface area (Å²) in [5, 5.41) is 0. The van der Waals surface area contributed by atoms with Crippen LogP contribution in [0.5, 0.6) is 0 Å².